The van der Waals surface area contributed by atoms with Crippen LogP contribution in [0.1, 0.15) is 32.5 Å². The molecular weight excluding hydrogens is 476 g/mol. The van der Waals surface area contributed by atoms with Crippen LogP contribution < -0.4 is 11.1 Å². The maximum Gasteiger partial charge on any atom is 0.352 e. The Kier molecular flexibility index (Phi) is 7.86. The summed E-state index contributed by atoms with van der Waals surface area (Å²) >= 11 is 2.12. The van der Waals surface area contributed by atoms with Crippen LogP contribution in [0.4, 0.5) is 5.13 Å². The molecule has 0 radical (unpaired) electrons. The number of carboxylic acid groups (broad SMARTS) is 1. The third-order valence-electron chi connectivity index (χ3n) is 4.60. The number of rotatable bonds is 10. The number of aliphatic carboxylic acids is 1. The molecule has 1 aromatic heterocycles. The first-order valence-corrected chi connectivity index (χ1v) is 11.8. The fourth-order valence-corrected chi connectivity index (χ4v) is 4.50. The van der Waals surface area contributed by atoms with Gasteiger partial charge >= 0.3 is 11.9 Å². The van der Waals surface area contributed by atoms with Crippen molar-refractivity contribution in [2.45, 2.75) is 44.2 Å². The second-order valence-corrected chi connectivity index (χ2v) is 8.88. The first-order valence-electron chi connectivity index (χ1n) is 9.93. The lowest BCUT2D eigenvalue weighted by Gasteiger charge is -2.48. The molecule has 0 bridgehead atoms. The van der Waals surface area contributed by atoms with Gasteiger partial charge in [0.1, 0.15) is 17.1 Å². The van der Waals surface area contributed by atoms with Crippen LogP contribution in [0.15, 0.2) is 16.9 Å². The molecule has 3 atom stereocenters. The molecule has 1 saturated heterocycles. The molecule has 2 aliphatic heterocycles. The highest BCUT2D eigenvalue weighted by atomic mass is 32.2. The number of aromatic nitrogens is 2. The van der Waals surface area contributed by atoms with Crippen LogP contribution in [0.5, 0.6) is 0 Å². The molecule has 0 saturated carbocycles. The van der Waals surface area contributed by atoms with E-state index >= 15 is 0 Å². The number of β-lactam (4-membered cyclic amide) rings is 1. The Bertz CT molecular complexity index is 1010. The number of nitrogen functional groups attached to an aromatic ring is 1. The summed E-state index contributed by atoms with van der Waals surface area (Å²) in [6.07, 6.45) is 1.87. The molecule has 2 unspecified atom stereocenters. The Morgan fingerprint density at radius 2 is 2.21 bits per heavy atom. The Balaban J connectivity index is 1.71. The standard InChI is InChI=1S/C18H22N6O7S2/c1-3-4-6-30-17(29)8(2)31-22-10(12-21-18(19)33-23-12)13(25)20-11-14(26)24-9(16(27)28)5-7-32-15(11)24/h5,8,11,15H,3-4,6-7H2,1-2H3,(H,20,25)(H,27,28)(H2,19,21,23)/t8?,11?,15-/m1/s1. The number of carbonyl (C=O) groups excluding carboxylic acids is 3. The van der Waals surface area contributed by atoms with Gasteiger partial charge in [-0.25, -0.2) is 9.59 Å². The Morgan fingerprint density at radius 1 is 1.45 bits per heavy atom. The normalized spacial score (nSPS) is 20.8. The summed E-state index contributed by atoms with van der Waals surface area (Å²) < 4.78 is 8.99. The number of anilines is 1. The average molecular weight is 499 g/mol. The van der Waals surface area contributed by atoms with Gasteiger partial charge in [-0.2, -0.15) is 9.36 Å². The molecule has 178 valence electrons. The minimum atomic E-state index is -1.23. The van der Waals surface area contributed by atoms with Gasteiger partial charge in [0.15, 0.2) is 5.13 Å². The van der Waals surface area contributed by atoms with Crippen molar-refractivity contribution >= 4 is 57.9 Å². The van der Waals surface area contributed by atoms with E-state index in [0.29, 0.717) is 12.2 Å². The monoisotopic (exact) mass is 498 g/mol. The highest BCUT2D eigenvalue weighted by Crippen LogP contribution is 2.37. The molecule has 3 heterocycles. The molecule has 2 amide bonds. The lowest BCUT2D eigenvalue weighted by atomic mass is 10.0. The number of hydrogen-bond donors (Lipinski definition) is 3. The summed E-state index contributed by atoms with van der Waals surface area (Å²) in [5.41, 5.74) is 5.08. The number of carboxylic acids is 1. The van der Waals surface area contributed by atoms with Crippen molar-refractivity contribution in [3.63, 3.8) is 0 Å². The number of nitrogens with zero attached hydrogens (tertiary/aromatic N) is 4. The molecule has 4 N–H and O–H groups in total. The molecule has 0 spiro atoms. The summed E-state index contributed by atoms with van der Waals surface area (Å²) in [7, 11) is 0. The highest BCUT2D eigenvalue weighted by Gasteiger charge is 2.53. The zero-order valence-corrected chi connectivity index (χ0v) is 19.4. The van der Waals surface area contributed by atoms with Crippen molar-refractivity contribution in [3.8, 4) is 0 Å². The van der Waals surface area contributed by atoms with E-state index in [2.05, 4.69) is 19.8 Å². The van der Waals surface area contributed by atoms with Gasteiger partial charge in [0.2, 0.25) is 17.6 Å². The van der Waals surface area contributed by atoms with E-state index in [9.17, 15) is 24.3 Å². The minimum absolute atomic E-state index is 0.0718. The number of fused-ring (bicyclic) bond motifs is 1. The third kappa shape index (κ3) is 5.42. The van der Waals surface area contributed by atoms with E-state index < -0.39 is 47.0 Å². The van der Waals surface area contributed by atoms with Crippen molar-refractivity contribution in [2.24, 2.45) is 5.16 Å². The number of nitrogens with two attached hydrogens (primary N) is 1. The third-order valence-corrected chi connectivity index (χ3v) is 6.32. The van der Waals surface area contributed by atoms with Crippen molar-refractivity contribution in [1.29, 1.82) is 0 Å². The number of amides is 2. The predicted molar refractivity (Wildman–Crippen MR) is 118 cm³/mol. The molecule has 3 rings (SSSR count). The molecule has 13 nitrogen and oxygen atoms in total. The molecule has 1 fully saturated rings. The Labute approximate surface area is 196 Å². The number of oxime groups is 1. The molecule has 0 aromatic carbocycles. The van der Waals surface area contributed by atoms with Gasteiger partial charge in [-0.15, -0.1) is 11.8 Å². The zero-order chi connectivity index (χ0) is 24.1. The van der Waals surface area contributed by atoms with Gasteiger partial charge in [-0.05, 0) is 19.4 Å². The van der Waals surface area contributed by atoms with E-state index in [1.165, 1.54) is 24.8 Å². The molecular formula is C18H22N6O7S2. The highest BCUT2D eigenvalue weighted by molar-refractivity contribution is 8.00. The van der Waals surface area contributed by atoms with Crippen molar-refractivity contribution in [1.82, 2.24) is 19.6 Å². The van der Waals surface area contributed by atoms with Crippen LogP contribution in [0, 0.1) is 0 Å². The van der Waals surface area contributed by atoms with Gasteiger partial charge in [0, 0.05) is 17.3 Å². The van der Waals surface area contributed by atoms with Crippen LogP contribution in [-0.4, -0.2) is 78.7 Å². The summed E-state index contributed by atoms with van der Waals surface area (Å²) in [4.78, 5) is 58.9. The van der Waals surface area contributed by atoms with Gasteiger partial charge in [-0.1, -0.05) is 18.5 Å². The lowest BCUT2D eigenvalue weighted by molar-refractivity contribution is -0.156. The summed E-state index contributed by atoms with van der Waals surface area (Å²) in [6, 6.07) is -0.983. The minimum Gasteiger partial charge on any atom is -0.477 e. The smallest absolute Gasteiger partial charge is 0.352 e. The summed E-state index contributed by atoms with van der Waals surface area (Å²) in [5, 5.41) is 15.0. The van der Waals surface area contributed by atoms with Crippen molar-refractivity contribution < 1.29 is 33.9 Å². The van der Waals surface area contributed by atoms with Crippen molar-refractivity contribution in [3.05, 3.63) is 17.6 Å². The SMILES string of the molecule is CCCCOC(=O)C(C)ON=C(C(=O)NC1C(=O)N2C(C(=O)O)=CCS[C@H]12)c1nsc(N)n1. The first-order chi connectivity index (χ1) is 15.7. The predicted octanol–water partition coefficient (Wildman–Crippen LogP) is -0.0588. The summed E-state index contributed by atoms with van der Waals surface area (Å²) in [5.74, 6) is -3.08. The number of carbonyl (C=O) groups is 4. The maximum absolute atomic E-state index is 12.9. The second kappa shape index (κ2) is 10.6. The lowest BCUT2D eigenvalue weighted by Crippen LogP contribution is -2.70. The zero-order valence-electron chi connectivity index (χ0n) is 17.7. The molecule has 33 heavy (non-hydrogen) atoms. The van der Waals surface area contributed by atoms with Gasteiger partial charge in [0.05, 0.1) is 6.61 Å². The van der Waals surface area contributed by atoms with E-state index in [1.807, 2.05) is 6.92 Å². The number of unbranched alkanes of at least 4 members (excludes halogenated alkanes) is 1. The van der Waals surface area contributed by atoms with E-state index in [0.717, 1.165) is 22.9 Å². The largest absolute Gasteiger partial charge is 0.477 e. The van der Waals surface area contributed by atoms with Crippen LogP contribution in [-0.2, 0) is 28.8 Å². The molecule has 2 aliphatic rings. The van der Waals surface area contributed by atoms with Crippen molar-refractivity contribution in [2.75, 3.05) is 18.1 Å². The average Bonchev–Trinajstić information content (AvgIpc) is 3.22. The Hall–Kier alpha value is -3.20. The van der Waals surface area contributed by atoms with Gasteiger partial charge in [0.25, 0.3) is 11.8 Å². The number of nitrogens with one attached hydrogen (secondary N) is 1. The number of hydrogen-bond acceptors (Lipinski definition) is 12. The van der Waals surface area contributed by atoms with Crippen LogP contribution in [0.3, 0.4) is 0 Å². The fraction of sp³-hybridized carbons (Fsp3) is 0.500. The van der Waals surface area contributed by atoms with Crippen LogP contribution in [0.25, 0.3) is 0 Å². The summed E-state index contributed by atoms with van der Waals surface area (Å²) in [6.45, 7) is 3.59. The maximum atomic E-state index is 12.9. The second-order valence-electron chi connectivity index (χ2n) is 6.94. The number of ether oxygens (including phenoxy) is 1. The topological polar surface area (TPSA) is 186 Å². The van der Waals surface area contributed by atoms with Crippen LogP contribution >= 0.6 is 23.3 Å². The van der Waals surface area contributed by atoms with E-state index in [4.69, 9.17) is 15.3 Å². The number of thioether (sulfide) groups is 1. The molecule has 0 aliphatic carbocycles. The van der Waals surface area contributed by atoms with Crippen LogP contribution in [0.2, 0.25) is 0 Å². The quantitative estimate of drug-likeness (QED) is 0.129. The van der Waals surface area contributed by atoms with E-state index in [1.54, 1.807) is 0 Å². The number of esters is 1. The van der Waals surface area contributed by atoms with Gasteiger partial charge < -0.3 is 25.7 Å². The fourth-order valence-electron chi connectivity index (χ4n) is 2.87. The molecule has 1 aromatic rings. The van der Waals surface area contributed by atoms with E-state index in [-0.39, 0.29) is 23.3 Å². The first kappa shape index (κ1) is 24.4. The Morgan fingerprint density at radius 3 is 2.85 bits per heavy atom. The van der Waals surface area contributed by atoms with Gasteiger partial charge in [-0.3, -0.25) is 14.5 Å². The molecule has 15 heteroatoms.